The maximum atomic E-state index is 13.0. The molecule has 3 fully saturated rings. The van der Waals surface area contributed by atoms with Crippen molar-refractivity contribution < 1.29 is 37.1 Å². The zero-order valence-electron chi connectivity index (χ0n) is 17.4. The summed E-state index contributed by atoms with van der Waals surface area (Å²) in [5.41, 5.74) is -1.31. The smallest absolute Gasteiger partial charge is 0.416 e. The van der Waals surface area contributed by atoms with Gasteiger partial charge in [0.15, 0.2) is 6.61 Å². The second kappa shape index (κ2) is 9.09. The number of halogens is 6. The second-order valence-corrected chi connectivity index (χ2v) is 11.1. The molecule has 1 aromatic carbocycles. The van der Waals surface area contributed by atoms with E-state index in [1.54, 1.807) is 0 Å². The molecule has 1 saturated heterocycles. The summed E-state index contributed by atoms with van der Waals surface area (Å²) >= 11 is 13.0. The molecule has 1 aliphatic heterocycles. The van der Waals surface area contributed by atoms with Crippen LogP contribution in [-0.4, -0.2) is 50.9 Å². The molecule has 7 atom stereocenters. The number of amides is 3. The number of ether oxygens (including phenoxy) is 1. The van der Waals surface area contributed by atoms with Gasteiger partial charge in [-0.1, -0.05) is 43.5 Å². The summed E-state index contributed by atoms with van der Waals surface area (Å²) in [6.45, 7) is 0.497. The number of anilines is 1. The molecule has 3 amide bonds. The van der Waals surface area contributed by atoms with E-state index in [9.17, 15) is 32.3 Å². The van der Waals surface area contributed by atoms with Gasteiger partial charge in [0.2, 0.25) is 11.8 Å². The largest absolute Gasteiger partial charge is 0.454 e. The molecular formula is C21H18Br2ClF3N2O5. The van der Waals surface area contributed by atoms with Crippen molar-refractivity contribution in [2.75, 3.05) is 11.9 Å². The highest BCUT2D eigenvalue weighted by molar-refractivity contribution is 9.12. The van der Waals surface area contributed by atoms with Crippen LogP contribution in [0.4, 0.5) is 18.9 Å². The molecule has 1 heterocycles. The number of likely N-dealkylation sites (tertiary alicyclic amines) is 1. The molecule has 13 heteroatoms. The first-order valence-corrected chi connectivity index (χ1v) is 12.5. The van der Waals surface area contributed by atoms with Crippen molar-refractivity contribution in [3.63, 3.8) is 0 Å². The van der Waals surface area contributed by atoms with E-state index < -0.39 is 59.9 Å². The van der Waals surface area contributed by atoms with Crippen molar-refractivity contribution in [1.82, 2.24) is 4.90 Å². The van der Waals surface area contributed by atoms with Gasteiger partial charge in [-0.05, 0) is 43.4 Å². The van der Waals surface area contributed by atoms with Gasteiger partial charge in [0.1, 0.15) is 6.04 Å². The van der Waals surface area contributed by atoms with Gasteiger partial charge in [0.25, 0.3) is 5.91 Å². The number of esters is 1. The first-order valence-electron chi connectivity index (χ1n) is 10.3. The lowest BCUT2D eigenvalue weighted by Crippen LogP contribution is -2.45. The average molecular weight is 631 g/mol. The van der Waals surface area contributed by atoms with E-state index in [0.717, 1.165) is 23.5 Å². The van der Waals surface area contributed by atoms with Crippen molar-refractivity contribution in [2.45, 2.75) is 35.2 Å². The van der Waals surface area contributed by atoms with Gasteiger partial charge in [0, 0.05) is 9.65 Å². The lowest BCUT2D eigenvalue weighted by Gasteiger charge is -2.28. The number of carbonyl (C=O) groups is 4. The third-order valence-electron chi connectivity index (χ3n) is 6.66. The molecule has 4 rings (SSSR count). The molecule has 0 aromatic heterocycles. The van der Waals surface area contributed by atoms with E-state index in [4.69, 9.17) is 16.3 Å². The van der Waals surface area contributed by atoms with Crippen LogP contribution in [0.3, 0.4) is 0 Å². The number of nitrogens with zero attached hydrogens (tertiary/aromatic N) is 1. The highest BCUT2D eigenvalue weighted by Crippen LogP contribution is 2.60. The number of fused-ring (bicyclic) bond motifs is 5. The summed E-state index contributed by atoms with van der Waals surface area (Å²) in [5, 5.41) is 2.03. The number of imide groups is 1. The minimum Gasteiger partial charge on any atom is -0.454 e. The zero-order chi connectivity index (χ0) is 25.1. The molecular weight excluding hydrogens is 612 g/mol. The predicted octanol–water partition coefficient (Wildman–Crippen LogP) is 4.01. The number of rotatable bonds is 5. The summed E-state index contributed by atoms with van der Waals surface area (Å²) in [6.07, 6.45) is -3.90. The van der Waals surface area contributed by atoms with Crippen molar-refractivity contribution in [3.05, 3.63) is 28.8 Å². The van der Waals surface area contributed by atoms with Gasteiger partial charge in [-0.3, -0.25) is 19.3 Å². The molecule has 3 aliphatic rings. The number of hydrogen-bond donors (Lipinski definition) is 1. The number of nitrogens with one attached hydrogen (secondary N) is 1. The fourth-order valence-corrected chi connectivity index (χ4v) is 7.14. The molecule has 184 valence electrons. The summed E-state index contributed by atoms with van der Waals surface area (Å²) < 4.78 is 43.6. The molecule has 7 nitrogen and oxygen atoms in total. The summed E-state index contributed by atoms with van der Waals surface area (Å²) in [4.78, 5) is 51.6. The van der Waals surface area contributed by atoms with Gasteiger partial charge < -0.3 is 10.1 Å². The Kier molecular flexibility index (Phi) is 6.80. The van der Waals surface area contributed by atoms with Crippen LogP contribution < -0.4 is 5.32 Å². The minimum atomic E-state index is -4.64. The number of benzene rings is 1. The quantitative estimate of drug-likeness (QED) is 0.302. The van der Waals surface area contributed by atoms with E-state index in [2.05, 4.69) is 37.2 Å². The Morgan fingerprint density at radius 1 is 1.18 bits per heavy atom. The van der Waals surface area contributed by atoms with E-state index in [1.807, 2.05) is 0 Å². The van der Waals surface area contributed by atoms with Crippen LogP contribution in [0.2, 0.25) is 5.02 Å². The third kappa shape index (κ3) is 4.26. The number of carbonyl (C=O) groups excluding carboxylic acids is 4. The van der Waals surface area contributed by atoms with Crippen LogP contribution in [-0.2, 0) is 30.1 Å². The molecule has 34 heavy (non-hydrogen) atoms. The zero-order valence-corrected chi connectivity index (χ0v) is 21.4. The van der Waals surface area contributed by atoms with Crippen LogP contribution >= 0.6 is 43.5 Å². The molecule has 0 unspecified atom stereocenters. The van der Waals surface area contributed by atoms with Gasteiger partial charge in [-0.15, -0.1) is 0 Å². The topological polar surface area (TPSA) is 92.8 Å². The average Bonchev–Trinajstić information content (AvgIpc) is 3.37. The summed E-state index contributed by atoms with van der Waals surface area (Å²) in [7, 11) is 0. The normalized spacial score (nSPS) is 31.0. The SMILES string of the molecule is C[C@H](C(=O)OCC(=O)Nc1cc(C(F)(F)F)ccc1Cl)N1C(=O)[C@@H]2[C@H]3C[C@@H]([C@H](Br)[C@H]3Br)[C@H]2C1=O. The number of hydrogen-bond acceptors (Lipinski definition) is 5. The molecule has 0 radical (unpaired) electrons. The third-order valence-corrected chi connectivity index (χ3v) is 10.2. The van der Waals surface area contributed by atoms with Crippen molar-refractivity contribution >= 4 is 72.8 Å². The number of alkyl halides is 5. The van der Waals surface area contributed by atoms with Crippen molar-refractivity contribution in [3.8, 4) is 0 Å². The molecule has 1 N–H and O–H groups in total. The first kappa shape index (κ1) is 25.4. The Morgan fingerprint density at radius 3 is 2.26 bits per heavy atom. The van der Waals surface area contributed by atoms with Crippen LogP contribution in [0.15, 0.2) is 18.2 Å². The molecule has 2 bridgehead atoms. The van der Waals surface area contributed by atoms with Gasteiger partial charge >= 0.3 is 12.1 Å². The fraction of sp³-hybridized carbons (Fsp3) is 0.524. The lowest BCUT2D eigenvalue weighted by molar-refractivity contribution is -0.159. The Labute approximate surface area is 213 Å². The second-order valence-electron chi connectivity index (χ2n) is 8.57. The first-order chi connectivity index (χ1) is 15.8. The van der Waals surface area contributed by atoms with Crippen LogP contribution in [0, 0.1) is 23.7 Å². The minimum absolute atomic E-state index is 0.0213. The van der Waals surface area contributed by atoms with Gasteiger partial charge in [-0.2, -0.15) is 13.2 Å². The highest BCUT2D eigenvalue weighted by atomic mass is 79.9. The van der Waals surface area contributed by atoms with Gasteiger partial charge in [-0.25, -0.2) is 4.79 Å². The summed E-state index contributed by atoms with van der Waals surface area (Å²) in [5.74, 6) is -3.83. The maximum Gasteiger partial charge on any atom is 0.416 e. The fourth-order valence-electron chi connectivity index (χ4n) is 5.10. The Hall–Kier alpha value is -1.66. The highest BCUT2D eigenvalue weighted by Gasteiger charge is 2.67. The Balaban J connectivity index is 1.37. The predicted molar refractivity (Wildman–Crippen MR) is 121 cm³/mol. The monoisotopic (exact) mass is 628 g/mol. The van der Waals surface area contributed by atoms with E-state index in [0.29, 0.717) is 6.07 Å². The van der Waals surface area contributed by atoms with Crippen LogP contribution in [0.5, 0.6) is 0 Å². The van der Waals surface area contributed by atoms with Crippen molar-refractivity contribution in [2.24, 2.45) is 23.7 Å². The Bertz CT molecular complexity index is 1040. The molecule has 2 saturated carbocycles. The Morgan fingerprint density at radius 2 is 1.74 bits per heavy atom. The summed E-state index contributed by atoms with van der Waals surface area (Å²) in [6, 6.07) is 1.16. The lowest BCUT2D eigenvalue weighted by atomic mass is 9.81. The molecule has 1 aromatic rings. The van der Waals surface area contributed by atoms with E-state index in [-0.39, 0.29) is 32.2 Å². The van der Waals surface area contributed by atoms with Gasteiger partial charge in [0.05, 0.1) is 28.1 Å². The maximum absolute atomic E-state index is 13.0. The van der Waals surface area contributed by atoms with Crippen molar-refractivity contribution in [1.29, 1.82) is 0 Å². The van der Waals surface area contributed by atoms with E-state index >= 15 is 0 Å². The molecule has 2 aliphatic carbocycles. The van der Waals surface area contributed by atoms with E-state index in [1.165, 1.54) is 6.92 Å². The van der Waals surface area contributed by atoms with Crippen LogP contribution in [0.1, 0.15) is 18.9 Å². The molecule has 0 spiro atoms. The standard InChI is InChI=1S/C21H18Br2ClF3N2O5/c1-7(29-18(31)14-9-5-10(15(14)19(29)32)17(23)16(9)22)20(33)34-6-13(30)28-12-4-8(21(25,26)27)2-3-11(12)24/h2-4,7,9-10,14-17H,5-6H2,1H3,(H,28,30)/t7-,9-,10-,14-,15-,16+,17+/m1/s1. The van der Waals surface area contributed by atoms with Crippen LogP contribution in [0.25, 0.3) is 0 Å².